The molecule has 148 valence electrons. The molecular weight excluding hydrogens is 397 g/mol. The second kappa shape index (κ2) is 6.41. The summed E-state index contributed by atoms with van der Waals surface area (Å²) in [6.07, 6.45) is 2.29. The van der Waals surface area contributed by atoms with Crippen molar-refractivity contribution in [1.82, 2.24) is 14.8 Å². The third kappa shape index (κ3) is 2.83. The summed E-state index contributed by atoms with van der Waals surface area (Å²) in [4.78, 5) is 15.7. The topological polar surface area (TPSA) is 46.5 Å². The van der Waals surface area contributed by atoms with Crippen molar-refractivity contribution in [2.24, 2.45) is 5.92 Å². The maximum atomic E-state index is 13.2. The summed E-state index contributed by atoms with van der Waals surface area (Å²) >= 11 is 12.8. The standard InChI is InChI=1S/C21H23Cl2N3O2/c1-21(2)17-3-4-18(23)26(17)16-10-13(22)9-14(19(16)28-21)20(27)24-15-11-25-7-5-12(15)6-8-25/h3-4,9-10,12,15H,5-8,11H2,1-2H3,(H,24,27). The number of halogens is 2. The summed E-state index contributed by atoms with van der Waals surface area (Å²) in [5.74, 6) is 0.936. The lowest BCUT2D eigenvalue weighted by Crippen LogP contribution is -2.57. The number of rotatable bonds is 2. The van der Waals surface area contributed by atoms with Crippen LogP contribution in [0.15, 0.2) is 24.3 Å². The van der Waals surface area contributed by atoms with Gasteiger partial charge in [0.1, 0.15) is 10.8 Å². The zero-order chi connectivity index (χ0) is 19.6. The lowest BCUT2D eigenvalue weighted by Gasteiger charge is -2.45. The molecule has 1 atom stereocenters. The molecule has 0 spiro atoms. The van der Waals surface area contributed by atoms with Gasteiger partial charge in [0.25, 0.3) is 5.91 Å². The monoisotopic (exact) mass is 419 g/mol. The number of benzene rings is 1. The van der Waals surface area contributed by atoms with Crippen molar-refractivity contribution >= 4 is 29.1 Å². The van der Waals surface area contributed by atoms with Crippen LogP contribution in [-0.2, 0) is 5.60 Å². The van der Waals surface area contributed by atoms with E-state index in [-0.39, 0.29) is 11.9 Å². The minimum atomic E-state index is -0.612. The summed E-state index contributed by atoms with van der Waals surface area (Å²) < 4.78 is 8.22. The Hall–Kier alpha value is -1.69. The number of nitrogens with zero attached hydrogens (tertiary/aromatic N) is 2. The quantitative estimate of drug-likeness (QED) is 0.791. The number of fused-ring (bicyclic) bond motifs is 6. The second-order valence-electron chi connectivity index (χ2n) is 8.51. The van der Waals surface area contributed by atoms with Crippen LogP contribution in [0.2, 0.25) is 10.2 Å². The molecule has 3 saturated heterocycles. The SMILES string of the molecule is CC1(C)Oc2c(C(=O)NC3CN4CCC3CC4)cc(Cl)cc2-n2c(Cl)ccc21. The fourth-order valence-electron chi connectivity index (χ4n) is 4.83. The first-order chi connectivity index (χ1) is 13.3. The highest BCUT2D eigenvalue weighted by molar-refractivity contribution is 6.31. The Morgan fingerprint density at radius 3 is 2.64 bits per heavy atom. The molecule has 1 N–H and O–H groups in total. The third-order valence-electron chi connectivity index (χ3n) is 6.30. The van der Waals surface area contributed by atoms with Crippen LogP contribution in [0.4, 0.5) is 0 Å². The van der Waals surface area contributed by atoms with Gasteiger partial charge in [0, 0.05) is 17.6 Å². The van der Waals surface area contributed by atoms with Crippen LogP contribution in [0.1, 0.15) is 42.7 Å². The highest BCUT2D eigenvalue weighted by Gasteiger charge is 2.39. The van der Waals surface area contributed by atoms with E-state index in [1.54, 1.807) is 12.1 Å². The average molecular weight is 420 g/mol. The minimum absolute atomic E-state index is 0.139. The Morgan fingerprint density at radius 1 is 1.21 bits per heavy atom. The molecule has 5 nitrogen and oxygen atoms in total. The lowest BCUT2D eigenvalue weighted by atomic mass is 9.84. The van der Waals surface area contributed by atoms with E-state index < -0.39 is 5.60 Å². The number of hydrogen-bond donors (Lipinski definition) is 1. The second-order valence-corrected chi connectivity index (χ2v) is 9.33. The van der Waals surface area contributed by atoms with Gasteiger partial charge in [0.05, 0.1) is 16.9 Å². The van der Waals surface area contributed by atoms with Crippen LogP contribution in [0.3, 0.4) is 0 Å². The van der Waals surface area contributed by atoms with Crippen LogP contribution in [-0.4, -0.2) is 41.1 Å². The van der Waals surface area contributed by atoms with Gasteiger partial charge >= 0.3 is 0 Å². The first kappa shape index (κ1) is 18.3. The molecule has 1 aromatic carbocycles. The molecule has 3 fully saturated rings. The molecule has 4 aliphatic rings. The van der Waals surface area contributed by atoms with Gasteiger partial charge in [-0.25, -0.2) is 0 Å². The van der Waals surface area contributed by atoms with Crippen LogP contribution in [0.5, 0.6) is 5.75 Å². The van der Waals surface area contributed by atoms with Crippen LogP contribution in [0.25, 0.3) is 5.69 Å². The fourth-order valence-corrected chi connectivity index (χ4v) is 5.29. The molecule has 2 aromatic rings. The minimum Gasteiger partial charge on any atom is -0.479 e. The van der Waals surface area contributed by atoms with Gasteiger partial charge in [0.2, 0.25) is 0 Å². The number of carbonyl (C=O) groups is 1. The molecule has 1 unspecified atom stereocenters. The first-order valence-electron chi connectivity index (χ1n) is 9.77. The molecule has 6 rings (SSSR count). The molecule has 2 bridgehead atoms. The lowest BCUT2D eigenvalue weighted by molar-refractivity contribution is 0.0606. The smallest absolute Gasteiger partial charge is 0.255 e. The third-order valence-corrected chi connectivity index (χ3v) is 6.81. The van der Waals surface area contributed by atoms with E-state index in [0.717, 1.165) is 38.2 Å². The summed E-state index contributed by atoms with van der Waals surface area (Å²) in [6, 6.07) is 7.44. The van der Waals surface area contributed by atoms with Gasteiger partial charge < -0.3 is 15.0 Å². The van der Waals surface area contributed by atoms with Crippen molar-refractivity contribution in [2.45, 2.75) is 38.3 Å². The molecule has 0 radical (unpaired) electrons. The number of carbonyl (C=O) groups excluding carboxylic acids is 1. The largest absolute Gasteiger partial charge is 0.479 e. The number of piperidine rings is 3. The Labute approximate surface area is 174 Å². The van der Waals surface area contributed by atoms with Crippen LogP contribution in [0, 0.1) is 5.92 Å². The van der Waals surface area contributed by atoms with Gasteiger partial charge in [-0.15, -0.1) is 0 Å². The van der Waals surface area contributed by atoms with E-state index in [9.17, 15) is 4.79 Å². The molecule has 0 saturated carbocycles. The van der Waals surface area contributed by atoms with Gasteiger partial charge in [-0.05, 0) is 70.0 Å². The van der Waals surface area contributed by atoms with Crippen molar-refractivity contribution in [2.75, 3.05) is 19.6 Å². The van der Waals surface area contributed by atoms with E-state index in [4.69, 9.17) is 27.9 Å². The number of nitrogens with one attached hydrogen (secondary N) is 1. The number of aromatic nitrogens is 1. The molecular formula is C21H23Cl2N3O2. The highest BCUT2D eigenvalue weighted by atomic mass is 35.5. The Kier molecular flexibility index (Phi) is 4.20. The fraction of sp³-hybridized carbons (Fsp3) is 0.476. The number of ether oxygens (including phenoxy) is 1. The van der Waals surface area contributed by atoms with E-state index in [1.165, 1.54) is 0 Å². The maximum absolute atomic E-state index is 13.2. The summed E-state index contributed by atoms with van der Waals surface area (Å²) in [6.45, 7) is 7.13. The molecule has 5 heterocycles. The van der Waals surface area contributed by atoms with Gasteiger partial charge in [-0.2, -0.15) is 0 Å². The van der Waals surface area contributed by atoms with Gasteiger partial charge in [-0.1, -0.05) is 23.2 Å². The Balaban J connectivity index is 1.54. The van der Waals surface area contributed by atoms with E-state index >= 15 is 0 Å². The van der Waals surface area contributed by atoms with Crippen LogP contribution < -0.4 is 10.1 Å². The zero-order valence-electron chi connectivity index (χ0n) is 16.0. The predicted octanol–water partition coefficient (Wildman–Crippen LogP) is 4.24. The van der Waals surface area contributed by atoms with E-state index in [0.29, 0.717) is 33.1 Å². The van der Waals surface area contributed by atoms with Gasteiger partial charge in [0.15, 0.2) is 5.75 Å². The molecule has 28 heavy (non-hydrogen) atoms. The van der Waals surface area contributed by atoms with Crippen molar-refractivity contribution in [3.63, 3.8) is 0 Å². The average Bonchev–Trinajstić information content (AvgIpc) is 3.06. The number of hydrogen-bond acceptors (Lipinski definition) is 3. The summed E-state index contributed by atoms with van der Waals surface area (Å²) in [7, 11) is 0. The van der Waals surface area contributed by atoms with Crippen molar-refractivity contribution in [3.8, 4) is 11.4 Å². The van der Waals surface area contributed by atoms with E-state index in [2.05, 4.69) is 10.2 Å². The molecule has 1 aromatic heterocycles. The molecule has 1 amide bonds. The Morgan fingerprint density at radius 2 is 1.96 bits per heavy atom. The first-order valence-corrected chi connectivity index (χ1v) is 10.5. The maximum Gasteiger partial charge on any atom is 0.255 e. The molecule has 4 aliphatic heterocycles. The summed E-state index contributed by atoms with van der Waals surface area (Å²) in [5, 5.41) is 4.29. The highest BCUT2D eigenvalue weighted by Crippen LogP contribution is 2.44. The van der Waals surface area contributed by atoms with Crippen LogP contribution >= 0.6 is 23.2 Å². The van der Waals surface area contributed by atoms with E-state index in [1.807, 2.05) is 30.5 Å². The normalized spacial score (nSPS) is 26.9. The molecule has 7 heteroatoms. The predicted molar refractivity (Wildman–Crippen MR) is 110 cm³/mol. The Bertz CT molecular complexity index is 961. The van der Waals surface area contributed by atoms with Crippen molar-refractivity contribution in [1.29, 1.82) is 0 Å². The van der Waals surface area contributed by atoms with Gasteiger partial charge in [-0.3, -0.25) is 9.36 Å². The van der Waals surface area contributed by atoms with Crippen molar-refractivity contribution < 1.29 is 9.53 Å². The van der Waals surface area contributed by atoms with Crippen molar-refractivity contribution in [3.05, 3.63) is 45.7 Å². The zero-order valence-corrected chi connectivity index (χ0v) is 17.5. The number of amides is 1. The molecule has 0 aliphatic carbocycles. The summed E-state index contributed by atoms with van der Waals surface area (Å²) in [5.41, 5.74) is 1.48.